The molecule has 0 aromatic heterocycles. The predicted octanol–water partition coefficient (Wildman–Crippen LogP) is 2.31. The number of cyclic esters (lactones) is 1. The molecule has 2 aliphatic heterocycles. The van der Waals surface area contributed by atoms with E-state index in [1.54, 1.807) is 20.8 Å². The third kappa shape index (κ3) is 4.52. The summed E-state index contributed by atoms with van der Waals surface area (Å²) < 4.78 is 39.8. The summed E-state index contributed by atoms with van der Waals surface area (Å²) >= 11 is 0. The molecule has 0 saturated carbocycles. The topological polar surface area (TPSA) is 88.3 Å². The van der Waals surface area contributed by atoms with E-state index >= 15 is 0 Å². The van der Waals surface area contributed by atoms with Crippen LogP contribution in [0.2, 0.25) is 0 Å². The van der Waals surface area contributed by atoms with E-state index in [1.807, 2.05) is 0 Å². The maximum Gasteiger partial charge on any atom is 0.414 e. The number of carbonyl (C=O) groups is 2. The van der Waals surface area contributed by atoms with Crippen LogP contribution in [0.4, 0.5) is 29.7 Å². The van der Waals surface area contributed by atoms with Gasteiger partial charge in [-0.1, -0.05) is 0 Å². The molecule has 2 N–H and O–H groups in total. The molecule has 2 amide bonds. The summed E-state index contributed by atoms with van der Waals surface area (Å²) in [6.45, 7) is 6.59. The summed E-state index contributed by atoms with van der Waals surface area (Å²) in [5.74, 6) is -1.58. The van der Waals surface area contributed by atoms with Gasteiger partial charge in [0.25, 0.3) is 0 Å². The number of rotatable bonds is 3. The smallest absolute Gasteiger partial charge is 0.414 e. The lowest BCUT2D eigenvalue weighted by atomic mass is 10.1. The molecule has 10 heteroatoms. The van der Waals surface area contributed by atoms with Gasteiger partial charge in [-0.25, -0.2) is 18.4 Å². The first-order valence-corrected chi connectivity index (χ1v) is 9.48. The first-order chi connectivity index (χ1) is 13.6. The lowest BCUT2D eigenvalue weighted by Crippen LogP contribution is -2.50. The van der Waals surface area contributed by atoms with Crippen molar-refractivity contribution in [2.75, 3.05) is 49.1 Å². The van der Waals surface area contributed by atoms with Crippen molar-refractivity contribution >= 4 is 23.6 Å². The minimum atomic E-state index is -0.791. The van der Waals surface area contributed by atoms with Crippen molar-refractivity contribution in [3.05, 3.63) is 23.8 Å². The van der Waals surface area contributed by atoms with Gasteiger partial charge in [-0.05, 0) is 20.8 Å². The second-order valence-electron chi connectivity index (χ2n) is 8.05. The van der Waals surface area contributed by atoms with Crippen molar-refractivity contribution in [2.45, 2.75) is 32.4 Å². The second-order valence-corrected chi connectivity index (χ2v) is 8.05. The van der Waals surface area contributed by atoms with E-state index in [2.05, 4.69) is 0 Å². The van der Waals surface area contributed by atoms with Crippen molar-refractivity contribution < 1.29 is 27.8 Å². The molecule has 2 fully saturated rings. The summed E-state index contributed by atoms with van der Waals surface area (Å²) in [4.78, 5) is 28.3. The molecule has 2 heterocycles. The highest BCUT2D eigenvalue weighted by Crippen LogP contribution is 2.32. The average Bonchev–Trinajstić information content (AvgIpc) is 3.01. The van der Waals surface area contributed by atoms with Gasteiger partial charge in [0.2, 0.25) is 0 Å². The fourth-order valence-electron chi connectivity index (χ4n) is 3.38. The van der Waals surface area contributed by atoms with Crippen LogP contribution in [0.15, 0.2) is 12.1 Å². The summed E-state index contributed by atoms with van der Waals surface area (Å²) in [6, 6.07) is 1.74. The van der Waals surface area contributed by atoms with E-state index in [-0.39, 0.29) is 50.7 Å². The molecular weight excluding hydrogens is 386 g/mol. The van der Waals surface area contributed by atoms with Gasteiger partial charge in [-0.2, -0.15) is 0 Å². The van der Waals surface area contributed by atoms with Crippen LogP contribution in [0.25, 0.3) is 0 Å². The molecule has 8 nitrogen and oxygen atoms in total. The highest BCUT2D eigenvalue weighted by molar-refractivity contribution is 5.90. The van der Waals surface area contributed by atoms with Crippen LogP contribution in [-0.2, 0) is 9.47 Å². The monoisotopic (exact) mass is 412 g/mol. The zero-order valence-corrected chi connectivity index (χ0v) is 16.8. The fourth-order valence-corrected chi connectivity index (χ4v) is 3.38. The van der Waals surface area contributed by atoms with Gasteiger partial charge < -0.3 is 25.0 Å². The SMILES string of the molecule is CC(C)(C)OC(=O)N1CCN(c2c(F)cc(N3C(=O)OC[C@@H]3CN)cc2F)CC1. The Morgan fingerprint density at radius 2 is 1.79 bits per heavy atom. The van der Waals surface area contributed by atoms with E-state index in [0.717, 1.165) is 17.0 Å². The second kappa shape index (κ2) is 8.02. The molecule has 1 atom stereocenters. The zero-order chi connectivity index (χ0) is 21.3. The average molecular weight is 412 g/mol. The number of ether oxygens (including phenoxy) is 2. The first kappa shape index (κ1) is 21.1. The lowest BCUT2D eigenvalue weighted by Gasteiger charge is -2.37. The molecule has 0 radical (unpaired) electrons. The number of hydrogen-bond acceptors (Lipinski definition) is 6. The van der Waals surface area contributed by atoms with Gasteiger partial charge in [0.15, 0.2) is 11.6 Å². The number of piperazine rings is 1. The lowest BCUT2D eigenvalue weighted by molar-refractivity contribution is 0.0240. The third-order valence-electron chi connectivity index (χ3n) is 4.76. The standard InChI is InChI=1S/C19H26F2N4O4/c1-19(2,3)29-17(26)24-6-4-23(5-7-24)16-14(20)8-12(9-15(16)21)25-13(10-22)11-28-18(25)27/h8-9,13H,4-7,10-11,22H2,1-3H3/t13-/m0/s1. The normalized spacial score (nSPS) is 20.1. The van der Waals surface area contributed by atoms with E-state index in [0.29, 0.717) is 0 Å². The number of anilines is 2. The van der Waals surface area contributed by atoms with Crippen LogP contribution < -0.4 is 15.5 Å². The Morgan fingerprint density at radius 1 is 1.21 bits per heavy atom. The number of halogens is 2. The number of carbonyl (C=O) groups excluding carboxylic acids is 2. The molecule has 2 aliphatic rings. The van der Waals surface area contributed by atoms with Crippen molar-refractivity contribution in [2.24, 2.45) is 5.73 Å². The molecule has 2 saturated heterocycles. The van der Waals surface area contributed by atoms with Crippen molar-refractivity contribution in [1.29, 1.82) is 0 Å². The number of hydrogen-bond donors (Lipinski definition) is 1. The Labute approximate surface area is 168 Å². The van der Waals surface area contributed by atoms with Crippen molar-refractivity contribution in [3.8, 4) is 0 Å². The molecule has 29 heavy (non-hydrogen) atoms. The van der Waals surface area contributed by atoms with Gasteiger partial charge in [-0.15, -0.1) is 0 Å². The van der Waals surface area contributed by atoms with Gasteiger partial charge >= 0.3 is 12.2 Å². The Bertz CT molecular complexity index is 768. The Kier molecular flexibility index (Phi) is 5.83. The van der Waals surface area contributed by atoms with E-state index in [9.17, 15) is 18.4 Å². The number of amides is 2. The fraction of sp³-hybridized carbons (Fsp3) is 0.579. The molecule has 0 unspecified atom stereocenters. The molecule has 0 aliphatic carbocycles. The predicted molar refractivity (Wildman–Crippen MR) is 103 cm³/mol. The molecule has 1 aromatic carbocycles. The van der Waals surface area contributed by atoms with Crippen LogP contribution in [0.1, 0.15) is 20.8 Å². The quantitative estimate of drug-likeness (QED) is 0.820. The number of nitrogens with two attached hydrogens (primary N) is 1. The highest BCUT2D eigenvalue weighted by Gasteiger charge is 2.35. The summed E-state index contributed by atoms with van der Waals surface area (Å²) in [6.07, 6.45) is -1.13. The minimum Gasteiger partial charge on any atom is -0.447 e. The minimum absolute atomic E-state index is 0.0640. The van der Waals surface area contributed by atoms with Crippen LogP contribution in [-0.4, -0.2) is 68.1 Å². The Morgan fingerprint density at radius 3 is 2.31 bits per heavy atom. The molecular formula is C19H26F2N4O4. The highest BCUT2D eigenvalue weighted by atomic mass is 19.1. The first-order valence-electron chi connectivity index (χ1n) is 9.48. The molecule has 0 spiro atoms. The maximum atomic E-state index is 14.8. The third-order valence-corrected chi connectivity index (χ3v) is 4.76. The molecule has 0 bridgehead atoms. The number of benzene rings is 1. The molecule has 3 rings (SSSR count). The maximum absolute atomic E-state index is 14.8. The summed E-state index contributed by atoms with van der Waals surface area (Å²) in [7, 11) is 0. The summed E-state index contributed by atoms with van der Waals surface area (Å²) in [5.41, 5.74) is 4.88. The van der Waals surface area contributed by atoms with Crippen LogP contribution >= 0.6 is 0 Å². The molecule has 1 aromatic rings. The number of nitrogens with zero attached hydrogens (tertiary/aromatic N) is 3. The van der Waals surface area contributed by atoms with Crippen LogP contribution in [0.3, 0.4) is 0 Å². The van der Waals surface area contributed by atoms with Gasteiger partial charge in [0.1, 0.15) is 17.9 Å². The largest absolute Gasteiger partial charge is 0.447 e. The van der Waals surface area contributed by atoms with E-state index in [1.165, 1.54) is 9.80 Å². The Hall–Kier alpha value is -2.62. The zero-order valence-electron chi connectivity index (χ0n) is 16.8. The van der Waals surface area contributed by atoms with E-state index < -0.39 is 35.5 Å². The summed E-state index contributed by atoms with van der Waals surface area (Å²) in [5, 5.41) is 0. The van der Waals surface area contributed by atoms with E-state index in [4.69, 9.17) is 15.2 Å². The van der Waals surface area contributed by atoms with Gasteiger partial charge in [0, 0.05) is 44.9 Å². The Balaban J connectivity index is 1.73. The van der Waals surface area contributed by atoms with Gasteiger partial charge in [-0.3, -0.25) is 4.90 Å². The van der Waals surface area contributed by atoms with Crippen LogP contribution in [0.5, 0.6) is 0 Å². The van der Waals surface area contributed by atoms with Crippen LogP contribution in [0, 0.1) is 11.6 Å². The van der Waals surface area contributed by atoms with Crippen molar-refractivity contribution in [1.82, 2.24) is 4.90 Å². The van der Waals surface area contributed by atoms with Gasteiger partial charge in [0.05, 0.1) is 11.7 Å². The van der Waals surface area contributed by atoms with Crippen molar-refractivity contribution in [3.63, 3.8) is 0 Å². The molecule has 160 valence electrons.